The van der Waals surface area contributed by atoms with E-state index in [-0.39, 0.29) is 5.91 Å². The highest BCUT2D eigenvalue weighted by atomic mass is 79.9. The lowest BCUT2D eigenvalue weighted by atomic mass is 10.0. The van der Waals surface area contributed by atoms with Crippen LogP contribution in [0, 0.1) is 6.92 Å². The molecule has 4 aromatic rings. The predicted molar refractivity (Wildman–Crippen MR) is 156 cm³/mol. The van der Waals surface area contributed by atoms with Gasteiger partial charge in [0.05, 0.1) is 5.39 Å². The van der Waals surface area contributed by atoms with Crippen LogP contribution in [0.5, 0.6) is 0 Å². The van der Waals surface area contributed by atoms with Gasteiger partial charge in [-0.1, -0.05) is 18.2 Å². The Bertz CT molecular complexity index is 1420. The molecule has 2 aromatic heterocycles. The second-order valence-corrected chi connectivity index (χ2v) is 10.4. The van der Waals surface area contributed by atoms with E-state index in [1.807, 2.05) is 42.5 Å². The smallest absolute Gasteiger partial charge is 0.255 e. The van der Waals surface area contributed by atoms with Crippen molar-refractivity contribution in [2.24, 2.45) is 0 Å². The molecule has 0 spiro atoms. The molecule has 0 atom stereocenters. The van der Waals surface area contributed by atoms with E-state index in [0.717, 1.165) is 73.1 Å². The fourth-order valence-corrected chi connectivity index (χ4v) is 5.14. The van der Waals surface area contributed by atoms with Gasteiger partial charge in [0.15, 0.2) is 5.65 Å². The van der Waals surface area contributed by atoms with E-state index >= 15 is 0 Å². The summed E-state index contributed by atoms with van der Waals surface area (Å²) >= 11 is 3.52. The molecule has 5 rings (SSSR count). The minimum Gasteiger partial charge on any atom is -0.383 e. The van der Waals surface area contributed by atoms with Crippen LogP contribution >= 0.6 is 15.9 Å². The van der Waals surface area contributed by atoms with Crippen LogP contribution in [-0.2, 0) is 0 Å². The summed E-state index contributed by atoms with van der Waals surface area (Å²) in [4.78, 5) is 28.9. The zero-order valence-electron chi connectivity index (χ0n) is 21.8. The first-order valence-electron chi connectivity index (χ1n) is 12.6. The van der Waals surface area contributed by atoms with Gasteiger partial charge in [-0.2, -0.15) is 5.10 Å². The molecule has 1 aliphatic heterocycles. The highest BCUT2D eigenvalue weighted by molar-refractivity contribution is 9.10. The molecule has 0 aliphatic carbocycles. The minimum absolute atomic E-state index is 0.125. The number of nitrogens with one attached hydrogen (secondary N) is 3. The van der Waals surface area contributed by atoms with Crippen LogP contribution in [0.2, 0.25) is 0 Å². The number of para-hydroxylation sites is 1. The molecule has 1 fully saturated rings. The van der Waals surface area contributed by atoms with Gasteiger partial charge < -0.3 is 25.3 Å². The fourth-order valence-electron chi connectivity index (χ4n) is 4.69. The molecular formula is C27H32BrN9O. The van der Waals surface area contributed by atoms with Gasteiger partial charge in [-0.05, 0) is 66.8 Å². The van der Waals surface area contributed by atoms with Crippen LogP contribution in [0.15, 0.2) is 53.4 Å². The molecule has 1 aliphatic rings. The summed E-state index contributed by atoms with van der Waals surface area (Å²) < 4.78 is 0.715. The molecule has 198 valence electrons. The molecule has 3 heterocycles. The van der Waals surface area contributed by atoms with E-state index < -0.39 is 0 Å². The van der Waals surface area contributed by atoms with Gasteiger partial charge in [-0.25, -0.2) is 9.97 Å². The molecule has 1 amide bonds. The molecule has 3 N–H and O–H groups in total. The molecular weight excluding hydrogens is 546 g/mol. The monoisotopic (exact) mass is 577 g/mol. The highest BCUT2D eigenvalue weighted by Crippen LogP contribution is 2.33. The quantitative estimate of drug-likeness (QED) is 0.289. The molecule has 0 unspecified atom stereocenters. The number of piperazine rings is 1. The summed E-state index contributed by atoms with van der Waals surface area (Å²) in [6.45, 7) is 6.96. The van der Waals surface area contributed by atoms with E-state index in [1.54, 1.807) is 6.33 Å². The Balaban J connectivity index is 1.39. The van der Waals surface area contributed by atoms with E-state index in [9.17, 15) is 4.79 Å². The molecule has 11 heteroatoms. The number of halogens is 1. The third-order valence-corrected chi connectivity index (χ3v) is 7.34. The number of fused-ring (bicyclic) bond motifs is 1. The summed E-state index contributed by atoms with van der Waals surface area (Å²) in [6.07, 6.45) is 1.57. The number of hydrogen-bond acceptors (Lipinski definition) is 8. The summed E-state index contributed by atoms with van der Waals surface area (Å²) in [7, 11) is 4.10. The normalized spacial score (nSPS) is 13.8. The van der Waals surface area contributed by atoms with E-state index in [1.165, 1.54) is 0 Å². The van der Waals surface area contributed by atoms with Crippen molar-refractivity contribution in [2.75, 3.05) is 73.8 Å². The average Bonchev–Trinajstić information content (AvgIpc) is 3.31. The molecule has 2 aromatic carbocycles. The topological polar surface area (TPSA) is 105 Å². The van der Waals surface area contributed by atoms with Crippen molar-refractivity contribution in [3.05, 3.63) is 64.5 Å². The number of benzene rings is 2. The van der Waals surface area contributed by atoms with Crippen LogP contribution < -0.4 is 20.4 Å². The molecule has 0 saturated carbocycles. The Kier molecular flexibility index (Phi) is 7.75. The lowest BCUT2D eigenvalue weighted by Crippen LogP contribution is -2.47. The maximum atomic E-state index is 13.3. The average molecular weight is 579 g/mol. The van der Waals surface area contributed by atoms with Gasteiger partial charge >= 0.3 is 0 Å². The lowest BCUT2D eigenvalue weighted by Gasteiger charge is -2.38. The first kappa shape index (κ1) is 25.9. The Morgan fingerprint density at radius 1 is 1.08 bits per heavy atom. The van der Waals surface area contributed by atoms with E-state index in [4.69, 9.17) is 0 Å². The summed E-state index contributed by atoms with van der Waals surface area (Å²) in [5.74, 6) is 0.744. The minimum atomic E-state index is -0.125. The molecule has 10 nitrogen and oxygen atoms in total. The van der Waals surface area contributed by atoms with Crippen molar-refractivity contribution >= 4 is 55.8 Å². The van der Waals surface area contributed by atoms with Gasteiger partial charge in [0, 0.05) is 61.9 Å². The number of likely N-dealkylation sites (N-methyl/N-ethyl adjacent to an activating group) is 1. The Hall–Kier alpha value is -3.70. The van der Waals surface area contributed by atoms with Gasteiger partial charge in [0.1, 0.15) is 16.7 Å². The summed E-state index contributed by atoms with van der Waals surface area (Å²) in [5.41, 5.74) is 5.29. The third kappa shape index (κ3) is 5.58. The largest absolute Gasteiger partial charge is 0.383 e. The lowest BCUT2D eigenvalue weighted by molar-refractivity contribution is 0.102. The zero-order chi connectivity index (χ0) is 26.6. The standard InChI is InChI=1S/C27H32BrN9O/c1-18-21(29-9-10-35(2)3)15-19(27(38)32-20-7-5-4-6-8-20)16-22(18)36-11-13-37(14-12-36)26-23-24(28)33-34-25(23)30-17-31-26/h4-8,15-17,29H,9-14H2,1-3H3,(H,32,38)(H,30,31,33,34). The highest BCUT2D eigenvalue weighted by Gasteiger charge is 2.24. The van der Waals surface area contributed by atoms with Crippen molar-refractivity contribution in [3.63, 3.8) is 0 Å². The number of nitrogens with zero attached hydrogens (tertiary/aromatic N) is 6. The number of hydrogen-bond donors (Lipinski definition) is 3. The maximum Gasteiger partial charge on any atom is 0.255 e. The van der Waals surface area contributed by atoms with Crippen LogP contribution in [0.4, 0.5) is 22.9 Å². The molecule has 0 bridgehead atoms. The Morgan fingerprint density at radius 2 is 1.82 bits per heavy atom. The van der Waals surface area contributed by atoms with Gasteiger partial charge in [-0.15, -0.1) is 0 Å². The number of carbonyl (C=O) groups excluding carboxylic acids is 1. The Morgan fingerprint density at radius 3 is 2.55 bits per heavy atom. The number of anilines is 4. The molecule has 0 radical (unpaired) electrons. The van der Waals surface area contributed by atoms with Gasteiger partial charge in [0.2, 0.25) is 0 Å². The van der Waals surface area contributed by atoms with Crippen LogP contribution in [0.3, 0.4) is 0 Å². The van der Waals surface area contributed by atoms with Crippen molar-refractivity contribution in [1.29, 1.82) is 0 Å². The summed E-state index contributed by atoms with van der Waals surface area (Å²) in [6, 6.07) is 13.5. The van der Waals surface area contributed by atoms with Gasteiger partial charge in [-0.3, -0.25) is 9.89 Å². The number of amides is 1. The Labute approximate surface area is 230 Å². The van der Waals surface area contributed by atoms with Crippen LogP contribution in [0.1, 0.15) is 15.9 Å². The maximum absolute atomic E-state index is 13.3. The van der Waals surface area contributed by atoms with Crippen molar-refractivity contribution in [3.8, 4) is 0 Å². The number of carbonyl (C=O) groups is 1. The third-order valence-electron chi connectivity index (χ3n) is 6.76. The van der Waals surface area contributed by atoms with Crippen LogP contribution in [0.25, 0.3) is 11.0 Å². The SMILES string of the molecule is Cc1c(NCCN(C)C)cc(C(=O)Nc2ccccc2)cc1N1CCN(c2ncnc3[nH]nc(Br)c23)CC1. The van der Waals surface area contributed by atoms with E-state index in [0.29, 0.717) is 15.8 Å². The van der Waals surface area contributed by atoms with Crippen molar-refractivity contribution in [1.82, 2.24) is 25.1 Å². The molecule has 1 saturated heterocycles. The second-order valence-electron chi connectivity index (χ2n) is 9.63. The first-order chi connectivity index (χ1) is 18.4. The first-order valence-corrected chi connectivity index (χ1v) is 13.4. The predicted octanol–water partition coefficient (Wildman–Crippen LogP) is 3.98. The number of rotatable bonds is 8. The number of aromatic nitrogens is 4. The van der Waals surface area contributed by atoms with Crippen molar-refractivity contribution in [2.45, 2.75) is 6.92 Å². The molecule has 38 heavy (non-hydrogen) atoms. The zero-order valence-corrected chi connectivity index (χ0v) is 23.4. The number of aromatic amines is 1. The second kappa shape index (κ2) is 11.4. The van der Waals surface area contributed by atoms with Crippen molar-refractivity contribution < 1.29 is 4.79 Å². The van der Waals surface area contributed by atoms with Crippen LogP contribution in [-0.4, -0.2) is 84.3 Å². The van der Waals surface area contributed by atoms with Gasteiger partial charge in [0.25, 0.3) is 5.91 Å². The summed E-state index contributed by atoms with van der Waals surface area (Å²) in [5, 5.41) is 14.6. The number of H-pyrrole nitrogens is 1. The fraction of sp³-hybridized carbons (Fsp3) is 0.333. The van der Waals surface area contributed by atoms with E-state index in [2.05, 4.69) is 82.4 Å².